The first-order chi connectivity index (χ1) is 12.8. The van der Waals surface area contributed by atoms with Gasteiger partial charge < -0.3 is 9.88 Å². The molecule has 0 saturated carbocycles. The van der Waals surface area contributed by atoms with Gasteiger partial charge in [-0.1, -0.05) is 38.3 Å². The molecule has 0 aliphatic heterocycles. The molecule has 0 unspecified atom stereocenters. The summed E-state index contributed by atoms with van der Waals surface area (Å²) < 4.78 is 2.31. The number of rotatable bonds is 9. The van der Waals surface area contributed by atoms with Gasteiger partial charge in [0.05, 0.1) is 11.0 Å². The molecule has 0 saturated heterocycles. The van der Waals surface area contributed by atoms with Gasteiger partial charge in [0.15, 0.2) is 0 Å². The number of imidazole rings is 1. The van der Waals surface area contributed by atoms with E-state index in [1.807, 2.05) is 6.07 Å². The molecule has 5 heteroatoms. The molecule has 26 heavy (non-hydrogen) atoms. The number of hydrogen-bond donors (Lipinski definition) is 1. The average Bonchev–Trinajstić information content (AvgIpc) is 3.03. The molecule has 0 bridgehead atoms. The number of carbonyl (C=O) groups excluding carboxylic acids is 1. The van der Waals surface area contributed by atoms with Crippen molar-refractivity contribution in [1.82, 2.24) is 19.9 Å². The predicted molar refractivity (Wildman–Crippen MR) is 104 cm³/mol. The second-order valence-electron chi connectivity index (χ2n) is 6.47. The Morgan fingerprint density at radius 3 is 2.69 bits per heavy atom. The van der Waals surface area contributed by atoms with Crippen LogP contribution in [0.15, 0.2) is 48.8 Å². The fraction of sp³-hybridized carbons (Fsp3) is 0.381. The lowest BCUT2D eigenvalue weighted by Crippen LogP contribution is -2.26. The van der Waals surface area contributed by atoms with Crippen LogP contribution in [0.25, 0.3) is 11.0 Å². The van der Waals surface area contributed by atoms with E-state index in [1.54, 1.807) is 24.5 Å². The maximum atomic E-state index is 12.2. The highest BCUT2D eigenvalue weighted by Crippen LogP contribution is 2.17. The number of aromatic nitrogens is 3. The van der Waals surface area contributed by atoms with Gasteiger partial charge in [0.25, 0.3) is 5.91 Å². The molecular formula is C21H26N4O. The van der Waals surface area contributed by atoms with E-state index in [4.69, 9.17) is 4.98 Å². The van der Waals surface area contributed by atoms with Gasteiger partial charge in [-0.25, -0.2) is 4.98 Å². The molecule has 2 aromatic heterocycles. The highest BCUT2D eigenvalue weighted by molar-refractivity contribution is 5.93. The van der Waals surface area contributed by atoms with E-state index in [-0.39, 0.29) is 5.91 Å². The smallest absolute Gasteiger partial charge is 0.251 e. The van der Waals surface area contributed by atoms with Gasteiger partial charge in [0, 0.05) is 37.5 Å². The summed E-state index contributed by atoms with van der Waals surface area (Å²) in [5.74, 6) is 0.968. The summed E-state index contributed by atoms with van der Waals surface area (Å²) in [6.07, 6.45) is 8.88. The van der Waals surface area contributed by atoms with Crippen molar-refractivity contribution in [3.8, 4) is 0 Å². The van der Waals surface area contributed by atoms with Crippen molar-refractivity contribution in [3.05, 3.63) is 60.2 Å². The van der Waals surface area contributed by atoms with Crippen molar-refractivity contribution < 1.29 is 4.79 Å². The van der Waals surface area contributed by atoms with E-state index in [9.17, 15) is 4.79 Å². The van der Waals surface area contributed by atoms with Crippen molar-refractivity contribution >= 4 is 16.9 Å². The van der Waals surface area contributed by atoms with Crippen LogP contribution in [-0.2, 0) is 13.0 Å². The third-order valence-electron chi connectivity index (χ3n) is 4.55. The number of hydrogen-bond acceptors (Lipinski definition) is 3. The number of carbonyl (C=O) groups is 1. The summed E-state index contributed by atoms with van der Waals surface area (Å²) in [4.78, 5) is 20.9. The van der Waals surface area contributed by atoms with Crippen molar-refractivity contribution in [1.29, 1.82) is 0 Å². The van der Waals surface area contributed by atoms with Crippen molar-refractivity contribution in [2.45, 2.75) is 45.6 Å². The molecule has 1 aromatic carbocycles. The van der Waals surface area contributed by atoms with Gasteiger partial charge >= 0.3 is 0 Å². The third kappa shape index (κ3) is 4.48. The number of para-hydroxylation sites is 2. The van der Waals surface area contributed by atoms with Crippen LogP contribution in [0.5, 0.6) is 0 Å². The Morgan fingerprint density at radius 1 is 1.08 bits per heavy atom. The number of nitrogens with zero attached hydrogens (tertiary/aromatic N) is 3. The van der Waals surface area contributed by atoms with E-state index < -0.39 is 0 Å². The van der Waals surface area contributed by atoms with Crippen molar-refractivity contribution in [2.75, 3.05) is 6.54 Å². The summed E-state index contributed by atoms with van der Waals surface area (Å²) in [6, 6.07) is 11.7. The molecule has 0 radical (unpaired) electrons. The lowest BCUT2D eigenvalue weighted by molar-refractivity contribution is 0.0954. The van der Waals surface area contributed by atoms with Crippen LogP contribution in [0.2, 0.25) is 0 Å². The monoisotopic (exact) mass is 350 g/mol. The molecule has 136 valence electrons. The van der Waals surface area contributed by atoms with E-state index in [2.05, 4.69) is 40.0 Å². The van der Waals surface area contributed by atoms with Crippen molar-refractivity contribution in [2.24, 2.45) is 0 Å². The number of aryl methyl sites for hydroxylation is 1. The molecule has 1 amide bonds. The number of amides is 1. The first kappa shape index (κ1) is 18.1. The maximum Gasteiger partial charge on any atom is 0.251 e. The van der Waals surface area contributed by atoms with Gasteiger partial charge in [0.2, 0.25) is 0 Å². The summed E-state index contributed by atoms with van der Waals surface area (Å²) in [5.41, 5.74) is 2.84. The molecule has 5 nitrogen and oxygen atoms in total. The number of fused-ring (bicyclic) bond motifs is 1. The quantitative estimate of drug-likeness (QED) is 0.594. The van der Waals surface area contributed by atoms with Crippen LogP contribution in [0.1, 0.15) is 48.8 Å². The number of unbranched alkanes of at least 4 members (excludes halogenated alkanes) is 3. The van der Waals surface area contributed by atoms with Crippen LogP contribution < -0.4 is 5.32 Å². The summed E-state index contributed by atoms with van der Waals surface area (Å²) in [6.45, 7) is 3.77. The number of pyridine rings is 1. The molecule has 1 N–H and O–H groups in total. The SMILES string of the molecule is CCCCCCn1c(CCNC(=O)c2ccncc2)nc2ccccc21. The first-order valence-corrected chi connectivity index (χ1v) is 9.42. The molecule has 2 heterocycles. The Balaban J connectivity index is 1.65. The standard InChI is InChI=1S/C21H26N4O/c1-2-3-4-7-16-25-19-9-6-5-8-18(19)24-20(25)12-15-23-21(26)17-10-13-22-14-11-17/h5-6,8-11,13-14H,2-4,7,12,15-16H2,1H3,(H,23,26). The minimum Gasteiger partial charge on any atom is -0.352 e. The largest absolute Gasteiger partial charge is 0.352 e. The summed E-state index contributed by atoms with van der Waals surface area (Å²) >= 11 is 0. The second-order valence-corrected chi connectivity index (χ2v) is 6.47. The minimum atomic E-state index is -0.0713. The molecule has 0 spiro atoms. The van der Waals surface area contributed by atoms with Crippen molar-refractivity contribution in [3.63, 3.8) is 0 Å². The molecule has 0 atom stereocenters. The Labute approximate surface area is 154 Å². The van der Waals surface area contributed by atoms with Gasteiger partial charge in [-0.05, 0) is 30.7 Å². The molecule has 3 rings (SSSR count). The first-order valence-electron chi connectivity index (χ1n) is 9.42. The van der Waals surface area contributed by atoms with E-state index >= 15 is 0 Å². The molecular weight excluding hydrogens is 324 g/mol. The Morgan fingerprint density at radius 2 is 1.88 bits per heavy atom. The average molecular weight is 350 g/mol. The minimum absolute atomic E-state index is 0.0713. The third-order valence-corrected chi connectivity index (χ3v) is 4.55. The predicted octanol–water partition coefficient (Wildman–Crippen LogP) is 3.98. The van der Waals surface area contributed by atoms with Crippen LogP contribution in [-0.4, -0.2) is 27.0 Å². The number of nitrogens with one attached hydrogen (secondary N) is 1. The van der Waals surface area contributed by atoms with Gasteiger partial charge in [-0.15, -0.1) is 0 Å². The molecule has 0 aliphatic rings. The fourth-order valence-corrected chi connectivity index (χ4v) is 3.16. The highest BCUT2D eigenvalue weighted by atomic mass is 16.1. The highest BCUT2D eigenvalue weighted by Gasteiger charge is 2.11. The Hall–Kier alpha value is -2.69. The van der Waals surface area contributed by atoms with Crippen LogP contribution in [0, 0.1) is 0 Å². The zero-order chi connectivity index (χ0) is 18.2. The van der Waals surface area contributed by atoms with Crippen LogP contribution in [0.3, 0.4) is 0 Å². The fourth-order valence-electron chi connectivity index (χ4n) is 3.16. The van der Waals surface area contributed by atoms with Crippen LogP contribution >= 0.6 is 0 Å². The van der Waals surface area contributed by atoms with E-state index in [0.717, 1.165) is 30.7 Å². The number of benzene rings is 1. The van der Waals surface area contributed by atoms with Gasteiger partial charge in [-0.3, -0.25) is 9.78 Å². The molecule has 3 aromatic rings. The Kier molecular flexibility index (Phi) is 6.36. The second kappa shape index (κ2) is 9.13. The summed E-state index contributed by atoms with van der Waals surface area (Å²) in [5, 5.41) is 2.98. The van der Waals surface area contributed by atoms with Gasteiger partial charge in [-0.2, -0.15) is 0 Å². The summed E-state index contributed by atoms with van der Waals surface area (Å²) in [7, 11) is 0. The zero-order valence-electron chi connectivity index (χ0n) is 15.3. The lowest BCUT2D eigenvalue weighted by Gasteiger charge is -2.10. The zero-order valence-corrected chi connectivity index (χ0v) is 15.3. The topological polar surface area (TPSA) is 59.8 Å². The van der Waals surface area contributed by atoms with Crippen LogP contribution in [0.4, 0.5) is 0 Å². The molecule has 0 aliphatic carbocycles. The molecule has 0 fully saturated rings. The maximum absolute atomic E-state index is 12.2. The lowest BCUT2D eigenvalue weighted by atomic mass is 10.2. The normalized spacial score (nSPS) is 11.0. The van der Waals surface area contributed by atoms with Gasteiger partial charge in [0.1, 0.15) is 5.82 Å². The van der Waals surface area contributed by atoms with E-state index in [0.29, 0.717) is 12.1 Å². The Bertz CT molecular complexity index is 842. The van der Waals surface area contributed by atoms with E-state index in [1.165, 1.54) is 24.8 Å².